The summed E-state index contributed by atoms with van der Waals surface area (Å²) < 4.78 is 38.7. The van der Waals surface area contributed by atoms with E-state index < -0.39 is 11.9 Å². The van der Waals surface area contributed by atoms with Crippen LogP contribution < -0.4 is 11.1 Å². The van der Waals surface area contributed by atoms with E-state index in [0.717, 1.165) is 10.7 Å². The highest BCUT2D eigenvalue weighted by Crippen LogP contribution is 2.27. The SMILES string of the molecule is Cl.NCCCNC(=O)c1cccc(-n2ccc(C(F)(F)F)n2)c1. The number of benzene rings is 1. The highest BCUT2D eigenvalue weighted by Gasteiger charge is 2.33. The number of nitrogens with two attached hydrogens (primary N) is 1. The lowest BCUT2D eigenvalue weighted by Crippen LogP contribution is -2.26. The van der Waals surface area contributed by atoms with Gasteiger partial charge in [-0.05, 0) is 37.2 Å². The predicted octanol–water partition coefficient (Wildman–Crippen LogP) is 2.39. The van der Waals surface area contributed by atoms with Gasteiger partial charge in [-0.2, -0.15) is 18.3 Å². The number of hydrogen-bond donors (Lipinski definition) is 2. The lowest BCUT2D eigenvalue weighted by Gasteiger charge is -2.07. The Morgan fingerprint density at radius 3 is 2.65 bits per heavy atom. The minimum absolute atomic E-state index is 0. The van der Waals surface area contributed by atoms with E-state index in [1.165, 1.54) is 12.3 Å². The Morgan fingerprint density at radius 2 is 2.04 bits per heavy atom. The molecule has 9 heteroatoms. The Labute approximate surface area is 137 Å². The molecule has 1 amide bonds. The van der Waals surface area contributed by atoms with Crippen molar-refractivity contribution in [1.29, 1.82) is 0 Å². The first-order chi connectivity index (χ1) is 10.4. The second-order valence-corrected chi connectivity index (χ2v) is 4.59. The Kier molecular flexibility index (Phi) is 6.59. The van der Waals surface area contributed by atoms with Gasteiger partial charge in [0.1, 0.15) is 0 Å². The molecule has 0 aliphatic carbocycles. The summed E-state index contributed by atoms with van der Waals surface area (Å²) in [6, 6.07) is 7.10. The van der Waals surface area contributed by atoms with E-state index in [4.69, 9.17) is 5.73 Å². The predicted molar refractivity (Wildman–Crippen MR) is 81.8 cm³/mol. The Balaban J connectivity index is 0.00000264. The van der Waals surface area contributed by atoms with Crippen LogP contribution in [0, 0.1) is 0 Å². The van der Waals surface area contributed by atoms with Crippen molar-refractivity contribution in [2.45, 2.75) is 12.6 Å². The molecule has 0 saturated carbocycles. The van der Waals surface area contributed by atoms with Crippen molar-refractivity contribution >= 4 is 18.3 Å². The first-order valence-corrected chi connectivity index (χ1v) is 6.63. The number of amides is 1. The van der Waals surface area contributed by atoms with Crippen LogP contribution in [0.15, 0.2) is 36.5 Å². The normalized spacial score (nSPS) is 11.0. The van der Waals surface area contributed by atoms with Crippen LogP contribution in [0.4, 0.5) is 13.2 Å². The highest BCUT2D eigenvalue weighted by atomic mass is 35.5. The van der Waals surface area contributed by atoms with E-state index in [1.807, 2.05) is 0 Å². The summed E-state index contributed by atoms with van der Waals surface area (Å²) in [7, 11) is 0. The van der Waals surface area contributed by atoms with Crippen LogP contribution in [-0.4, -0.2) is 28.8 Å². The second-order valence-electron chi connectivity index (χ2n) is 4.59. The molecule has 0 unspecified atom stereocenters. The molecular weight excluding hydrogens is 333 g/mol. The fourth-order valence-corrected chi connectivity index (χ4v) is 1.81. The third kappa shape index (κ3) is 4.97. The van der Waals surface area contributed by atoms with Gasteiger partial charge in [-0.1, -0.05) is 6.07 Å². The molecule has 5 nitrogen and oxygen atoms in total. The number of carbonyl (C=O) groups is 1. The van der Waals surface area contributed by atoms with Crippen molar-refractivity contribution in [1.82, 2.24) is 15.1 Å². The molecule has 0 aliphatic heterocycles. The summed E-state index contributed by atoms with van der Waals surface area (Å²) >= 11 is 0. The molecule has 126 valence electrons. The number of rotatable bonds is 5. The summed E-state index contributed by atoms with van der Waals surface area (Å²) in [6.07, 6.45) is -2.64. The molecule has 0 spiro atoms. The molecule has 2 rings (SSSR count). The van der Waals surface area contributed by atoms with Gasteiger partial charge in [0.25, 0.3) is 5.91 Å². The van der Waals surface area contributed by atoms with Crippen LogP contribution in [0.25, 0.3) is 5.69 Å². The lowest BCUT2D eigenvalue weighted by atomic mass is 10.2. The van der Waals surface area contributed by atoms with Gasteiger partial charge in [0.15, 0.2) is 5.69 Å². The number of carbonyl (C=O) groups excluding carboxylic acids is 1. The first kappa shape index (κ1) is 19.0. The molecule has 1 aromatic heterocycles. The number of nitrogens with one attached hydrogen (secondary N) is 1. The van der Waals surface area contributed by atoms with Crippen LogP contribution in [0.1, 0.15) is 22.5 Å². The molecular formula is C14H16ClF3N4O. The Hall–Kier alpha value is -2.06. The quantitative estimate of drug-likeness (QED) is 0.815. The smallest absolute Gasteiger partial charge is 0.352 e. The minimum Gasteiger partial charge on any atom is -0.352 e. The average molecular weight is 349 g/mol. The topological polar surface area (TPSA) is 72.9 Å². The van der Waals surface area contributed by atoms with Gasteiger partial charge in [0, 0.05) is 18.3 Å². The van der Waals surface area contributed by atoms with Gasteiger partial charge < -0.3 is 11.1 Å². The lowest BCUT2D eigenvalue weighted by molar-refractivity contribution is -0.141. The molecule has 1 aromatic carbocycles. The summed E-state index contributed by atoms with van der Waals surface area (Å²) in [5, 5.41) is 6.15. The number of halogens is 4. The molecule has 0 aliphatic rings. The van der Waals surface area contributed by atoms with Gasteiger partial charge in [0.2, 0.25) is 0 Å². The molecule has 23 heavy (non-hydrogen) atoms. The summed E-state index contributed by atoms with van der Waals surface area (Å²) in [5.74, 6) is -0.307. The molecule has 0 atom stereocenters. The van der Waals surface area contributed by atoms with E-state index in [2.05, 4.69) is 10.4 Å². The standard InChI is InChI=1S/C14H15F3N4O.ClH/c15-14(16,17)12-5-8-21(20-12)11-4-1-3-10(9-11)13(22)19-7-2-6-18;/h1,3-5,8-9H,2,6-7,18H2,(H,19,22);1H. The van der Waals surface area contributed by atoms with Crippen LogP contribution in [-0.2, 0) is 6.18 Å². The third-order valence-electron chi connectivity index (χ3n) is 2.92. The zero-order chi connectivity index (χ0) is 16.2. The zero-order valence-electron chi connectivity index (χ0n) is 12.0. The van der Waals surface area contributed by atoms with E-state index in [-0.39, 0.29) is 18.3 Å². The minimum atomic E-state index is -4.50. The van der Waals surface area contributed by atoms with Crippen molar-refractivity contribution in [2.24, 2.45) is 5.73 Å². The number of hydrogen-bond acceptors (Lipinski definition) is 3. The Bertz CT molecular complexity index is 657. The van der Waals surface area contributed by atoms with Crippen LogP contribution in [0.5, 0.6) is 0 Å². The molecule has 1 heterocycles. The maximum atomic E-state index is 12.5. The van der Waals surface area contributed by atoms with Gasteiger partial charge in [0.05, 0.1) is 5.69 Å². The number of nitrogens with zero attached hydrogens (tertiary/aromatic N) is 2. The number of alkyl halides is 3. The van der Waals surface area contributed by atoms with Crippen LogP contribution in [0.2, 0.25) is 0 Å². The molecule has 3 N–H and O–H groups in total. The van der Waals surface area contributed by atoms with Gasteiger partial charge in [-0.3, -0.25) is 4.79 Å². The van der Waals surface area contributed by atoms with E-state index in [0.29, 0.717) is 30.8 Å². The van der Waals surface area contributed by atoms with Crippen molar-refractivity contribution in [3.63, 3.8) is 0 Å². The average Bonchev–Trinajstić information content (AvgIpc) is 2.97. The second kappa shape index (κ2) is 7.98. The summed E-state index contributed by atoms with van der Waals surface area (Å²) in [6.45, 7) is 0.910. The van der Waals surface area contributed by atoms with E-state index in [1.54, 1.807) is 18.2 Å². The summed E-state index contributed by atoms with van der Waals surface area (Å²) in [4.78, 5) is 11.9. The van der Waals surface area contributed by atoms with Crippen molar-refractivity contribution < 1.29 is 18.0 Å². The van der Waals surface area contributed by atoms with Gasteiger partial charge in [-0.25, -0.2) is 4.68 Å². The first-order valence-electron chi connectivity index (χ1n) is 6.63. The van der Waals surface area contributed by atoms with Gasteiger partial charge >= 0.3 is 6.18 Å². The van der Waals surface area contributed by atoms with Crippen molar-refractivity contribution in [3.05, 3.63) is 47.8 Å². The Morgan fingerprint density at radius 1 is 1.30 bits per heavy atom. The maximum Gasteiger partial charge on any atom is 0.435 e. The van der Waals surface area contributed by atoms with Crippen molar-refractivity contribution in [2.75, 3.05) is 13.1 Å². The molecule has 0 fully saturated rings. The van der Waals surface area contributed by atoms with Crippen LogP contribution >= 0.6 is 12.4 Å². The number of aromatic nitrogens is 2. The zero-order valence-corrected chi connectivity index (χ0v) is 12.8. The van der Waals surface area contributed by atoms with E-state index in [9.17, 15) is 18.0 Å². The fraction of sp³-hybridized carbons (Fsp3) is 0.286. The largest absolute Gasteiger partial charge is 0.435 e. The van der Waals surface area contributed by atoms with E-state index >= 15 is 0 Å². The van der Waals surface area contributed by atoms with Gasteiger partial charge in [-0.15, -0.1) is 12.4 Å². The fourth-order valence-electron chi connectivity index (χ4n) is 1.81. The maximum absolute atomic E-state index is 12.5. The monoisotopic (exact) mass is 348 g/mol. The third-order valence-corrected chi connectivity index (χ3v) is 2.92. The van der Waals surface area contributed by atoms with Crippen molar-refractivity contribution in [3.8, 4) is 5.69 Å². The van der Waals surface area contributed by atoms with Crippen LogP contribution in [0.3, 0.4) is 0 Å². The molecule has 2 aromatic rings. The molecule has 0 bridgehead atoms. The summed E-state index contributed by atoms with van der Waals surface area (Å²) in [5.41, 5.74) is 5.08. The molecule has 0 saturated heterocycles. The molecule has 0 radical (unpaired) electrons. The highest BCUT2D eigenvalue weighted by molar-refractivity contribution is 5.94.